The van der Waals surface area contributed by atoms with Crippen LogP contribution in [0.3, 0.4) is 0 Å². The molecule has 5 nitrogen and oxygen atoms in total. The molecule has 202 valence electrons. The second kappa shape index (κ2) is 27.9. The van der Waals surface area contributed by atoms with Crippen LogP contribution in [0.4, 0.5) is 8.78 Å². The van der Waals surface area contributed by atoms with Crippen LogP contribution in [0.5, 0.6) is 0 Å². The van der Waals surface area contributed by atoms with E-state index in [9.17, 15) is 8.78 Å². The molecule has 8 heteroatoms. The van der Waals surface area contributed by atoms with Gasteiger partial charge in [0.05, 0.1) is 18.3 Å². The highest BCUT2D eigenvalue weighted by atomic mass is 35.5. The molecule has 0 bridgehead atoms. The third-order valence-corrected chi connectivity index (χ3v) is 3.98. The lowest BCUT2D eigenvalue weighted by molar-refractivity contribution is 0.102. The van der Waals surface area contributed by atoms with E-state index in [1.54, 1.807) is 17.2 Å². The number of hydrogen-bond acceptors (Lipinski definition) is 5. The number of alkyl halides is 3. The molecule has 1 unspecified atom stereocenters. The topological polar surface area (TPSA) is 52.4 Å². The van der Waals surface area contributed by atoms with Gasteiger partial charge in [-0.1, -0.05) is 60.3 Å². The van der Waals surface area contributed by atoms with Gasteiger partial charge in [0.25, 0.3) is 5.92 Å². The lowest BCUT2D eigenvalue weighted by Gasteiger charge is -2.20. The smallest absolute Gasteiger partial charge is 0.287 e. The minimum Gasteiger partial charge on any atom is -0.320 e. The number of rotatable bonds is 9. The molecule has 1 heterocycles. The van der Waals surface area contributed by atoms with Crippen LogP contribution in [0.1, 0.15) is 54.9 Å². The number of halogens is 3. The maximum absolute atomic E-state index is 12.5. The van der Waals surface area contributed by atoms with E-state index in [1.165, 1.54) is 24.8 Å². The van der Waals surface area contributed by atoms with E-state index in [2.05, 4.69) is 66.8 Å². The highest BCUT2D eigenvalue weighted by Gasteiger charge is 2.27. The van der Waals surface area contributed by atoms with E-state index in [0.717, 1.165) is 24.8 Å². The van der Waals surface area contributed by atoms with Gasteiger partial charge in [0, 0.05) is 32.1 Å². The second-order valence-corrected chi connectivity index (χ2v) is 7.18. The first kappa shape index (κ1) is 39.9. The van der Waals surface area contributed by atoms with Gasteiger partial charge in [-0.25, -0.2) is 0 Å². The lowest BCUT2D eigenvalue weighted by atomic mass is 10.2. The summed E-state index contributed by atoms with van der Waals surface area (Å²) in [6.45, 7) is 25.5. The molecule has 0 saturated carbocycles. The van der Waals surface area contributed by atoms with E-state index in [-0.39, 0.29) is 11.8 Å². The molecule has 0 saturated heterocycles. The Morgan fingerprint density at radius 1 is 1.34 bits per heavy atom. The minimum absolute atomic E-state index is 0.170. The first-order chi connectivity index (χ1) is 16.5. The van der Waals surface area contributed by atoms with Crippen LogP contribution >= 0.6 is 11.6 Å². The van der Waals surface area contributed by atoms with E-state index < -0.39 is 5.92 Å². The summed E-state index contributed by atoms with van der Waals surface area (Å²) < 4.78 is 25.1. The highest BCUT2D eigenvalue weighted by Crippen LogP contribution is 2.15. The average molecular weight is 516 g/mol. The quantitative estimate of drug-likeness (QED) is 0.115. The zero-order chi connectivity index (χ0) is 28.3. The summed E-state index contributed by atoms with van der Waals surface area (Å²) in [7, 11) is 3.80. The molecule has 0 fully saturated rings. The third-order valence-electron chi connectivity index (χ3n) is 3.53. The Morgan fingerprint density at radius 2 is 1.86 bits per heavy atom. The van der Waals surface area contributed by atoms with Crippen molar-refractivity contribution in [3.8, 4) is 0 Å². The first-order valence-electron chi connectivity index (χ1n) is 11.8. The SMILES string of the molecule is C=CC(=C)/C(CN=C)=N/N(C)C(C)CCl.CC.CC(F)(F)C1=NC=CC=C=C1.CCC.CCNC. The zero-order valence-corrected chi connectivity index (χ0v) is 24.1. The van der Waals surface area contributed by atoms with Crippen LogP contribution in [0, 0.1) is 0 Å². The Morgan fingerprint density at radius 3 is 2.23 bits per heavy atom. The number of hydrazone groups is 1. The predicted octanol–water partition coefficient (Wildman–Crippen LogP) is 7.33. The summed E-state index contributed by atoms with van der Waals surface area (Å²) in [6.07, 6.45) is 8.49. The fraction of sp³-hybridized carbons (Fsp3) is 0.556. The van der Waals surface area contributed by atoms with E-state index in [4.69, 9.17) is 11.6 Å². The molecule has 1 aliphatic rings. The molecule has 35 heavy (non-hydrogen) atoms. The van der Waals surface area contributed by atoms with Gasteiger partial charge in [-0.15, -0.1) is 17.3 Å². The Balaban J connectivity index is -0.000000209. The van der Waals surface area contributed by atoms with Crippen molar-refractivity contribution in [1.29, 1.82) is 0 Å². The van der Waals surface area contributed by atoms with Crippen LogP contribution in [0.2, 0.25) is 0 Å². The van der Waals surface area contributed by atoms with Crippen molar-refractivity contribution in [2.75, 3.05) is 33.1 Å². The van der Waals surface area contributed by atoms with Crippen molar-refractivity contribution >= 4 is 29.7 Å². The minimum atomic E-state index is -2.88. The van der Waals surface area contributed by atoms with Crippen molar-refractivity contribution < 1.29 is 8.78 Å². The van der Waals surface area contributed by atoms with E-state index in [0.29, 0.717) is 12.4 Å². The third kappa shape index (κ3) is 26.1. The number of aliphatic imine (C=N–C) groups is 2. The van der Waals surface area contributed by atoms with Crippen LogP contribution < -0.4 is 5.32 Å². The largest absolute Gasteiger partial charge is 0.320 e. The van der Waals surface area contributed by atoms with E-state index >= 15 is 0 Å². The molecule has 0 aromatic carbocycles. The van der Waals surface area contributed by atoms with Crippen LogP contribution in [-0.4, -0.2) is 68.2 Å². The zero-order valence-electron chi connectivity index (χ0n) is 23.3. The number of allylic oxidation sites excluding steroid dienone is 3. The van der Waals surface area contributed by atoms with Gasteiger partial charge in [0.2, 0.25) is 0 Å². The lowest BCUT2D eigenvalue weighted by Crippen LogP contribution is -2.27. The van der Waals surface area contributed by atoms with Gasteiger partial charge in [0.15, 0.2) is 0 Å². The molecule has 0 radical (unpaired) electrons. The van der Waals surface area contributed by atoms with Gasteiger partial charge in [-0.05, 0) is 45.0 Å². The summed E-state index contributed by atoms with van der Waals surface area (Å²) in [6, 6.07) is 0.170. The molecule has 0 aliphatic carbocycles. The Kier molecular flexibility index (Phi) is 31.8. The van der Waals surface area contributed by atoms with Crippen molar-refractivity contribution in [3.05, 3.63) is 55.0 Å². The predicted molar refractivity (Wildman–Crippen MR) is 156 cm³/mol. The molecule has 1 rings (SSSR count). The van der Waals surface area contributed by atoms with Crippen LogP contribution in [0.15, 0.2) is 70.1 Å². The summed E-state index contributed by atoms with van der Waals surface area (Å²) in [5, 5.41) is 9.09. The van der Waals surface area contributed by atoms with Gasteiger partial charge < -0.3 is 5.32 Å². The maximum Gasteiger partial charge on any atom is 0.287 e. The average Bonchev–Trinajstić information content (AvgIpc) is 3.15. The van der Waals surface area contributed by atoms with Crippen molar-refractivity contribution in [2.45, 2.75) is 66.9 Å². The van der Waals surface area contributed by atoms with Gasteiger partial charge in [0.1, 0.15) is 5.71 Å². The van der Waals surface area contributed by atoms with Crippen LogP contribution in [-0.2, 0) is 0 Å². The fourth-order valence-corrected chi connectivity index (χ4v) is 1.64. The van der Waals surface area contributed by atoms with Gasteiger partial charge in [-0.2, -0.15) is 13.9 Å². The van der Waals surface area contributed by atoms with Crippen molar-refractivity contribution in [1.82, 2.24) is 10.3 Å². The van der Waals surface area contributed by atoms with Crippen molar-refractivity contribution in [2.24, 2.45) is 15.1 Å². The summed E-state index contributed by atoms with van der Waals surface area (Å²) >= 11 is 5.73. The monoisotopic (exact) mass is 515 g/mol. The number of hydrogen-bond donors (Lipinski definition) is 1. The van der Waals surface area contributed by atoms with Crippen LogP contribution in [0.25, 0.3) is 0 Å². The molecule has 1 atom stereocenters. The summed E-state index contributed by atoms with van der Waals surface area (Å²) in [5.74, 6) is -2.36. The fourth-order valence-electron chi connectivity index (χ4n) is 1.44. The van der Waals surface area contributed by atoms with E-state index in [1.807, 2.05) is 34.9 Å². The summed E-state index contributed by atoms with van der Waals surface area (Å²) in [5.41, 5.74) is 3.82. The summed E-state index contributed by atoms with van der Waals surface area (Å²) in [4.78, 5) is 7.33. The molecule has 0 aromatic heterocycles. The van der Waals surface area contributed by atoms with Gasteiger partial charge >= 0.3 is 0 Å². The second-order valence-electron chi connectivity index (χ2n) is 6.87. The molecule has 0 spiro atoms. The first-order valence-corrected chi connectivity index (χ1v) is 12.3. The Hall–Kier alpha value is -2.34. The maximum atomic E-state index is 12.5. The molecular weight excluding hydrogens is 468 g/mol. The molecule has 1 aliphatic heterocycles. The highest BCUT2D eigenvalue weighted by molar-refractivity contribution is 6.18. The normalized spacial score (nSPS) is 12.3. The Labute approximate surface area is 218 Å². The molecule has 1 N–H and O–H groups in total. The molecule has 0 aromatic rings. The molecule has 0 amide bonds. The Bertz CT molecular complexity index is 699. The number of nitrogens with zero attached hydrogens (tertiary/aromatic N) is 4. The van der Waals surface area contributed by atoms with Gasteiger partial charge in [-0.3, -0.25) is 15.0 Å². The standard InChI is InChI=1S/C11H18ClN3.C8H7F2N.C3H9N.C3H8.C2H6/c1-6-9(2)11(8-13-4)14-15(5)10(3)7-12;1-8(9,10)7-5-3-2-4-6-11-7;1-3-4-2;1-3-2;1-2/h6,10H,1-2,4,7-8H2,3,5H3;2,4-6H,1H3;4H,3H2,1-2H3;3H2,1-2H3;1-2H3/b14-11+;;;;. The molecular formula is C27H48ClF2N5. The van der Waals surface area contributed by atoms with Crippen molar-refractivity contribution in [3.63, 3.8) is 0 Å². The number of nitrogens with one attached hydrogen (secondary N) is 1.